The van der Waals surface area contributed by atoms with Crippen LogP contribution in [-0.4, -0.2) is 40.9 Å². The van der Waals surface area contributed by atoms with E-state index in [2.05, 4.69) is 27.5 Å². The van der Waals surface area contributed by atoms with Crippen molar-refractivity contribution in [2.45, 2.75) is 45.7 Å². The molecule has 2 rings (SSSR count). The molecule has 1 saturated heterocycles. The van der Waals surface area contributed by atoms with Gasteiger partial charge in [-0.3, -0.25) is 4.90 Å². The molecule has 5 heteroatoms. The van der Waals surface area contributed by atoms with Crippen LogP contribution in [0.25, 0.3) is 0 Å². The Balaban J connectivity index is 1.98. The van der Waals surface area contributed by atoms with Gasteiger partial charge in [0.25, 0.3) is 0 Å². The van der Waals surface area contributed by atoms with E-state index in [0.717, 1.165) is 37.6 Å². The van der Waals surface area contributed by atoms with Gasteiger partial charge in [0.05, 0.1) is 0 Å². The Bertz CT molecular complexity index is 333. The van der Waals surface area contributed by atoms with E-state index in [4.69, 9.17) is 4.63 Å². The van der Waals surface area contributed by atoms with E-state index in [-0.39, 0.29) is 0 Å². The average molecular weight is 238 g/mol. The quantitative estimate of drug-likeness (QED) is 0.839. The van der Waals surface area contributed by atoms with Crippen molar-refractivity contribution in [2.75, 3.05) is 19.6 Å². The Kier molecular flexibility index (Phi) is 4.50. The zero-order chi connectivity index (χ0) is 12.1. The smallest absolute Gasteiger partial charge is 0.122 e. The zero-order valence-corrected chi connectivity index (χ0v) is 10.8. The lowest BCUT2D eigenvalue weighted by atomic mass is 10.0. The van der Waals surface area contributed by atoms with E-state index < -0.39 is 0 Å². The second-order valence-corrected chi connectivity index (χ2v) is 4.75. The van der Waals surface area contributed by atoms with Gasteiger partial charge in [-0.25, -0.2) is 4.63 Å². The normalized spacial score (nSPS) is 17.8. The number of rotatable bonds is 5. The lowest BCUT2D eigenvalue weighted by Gasteiger charge is -2.33. The molecule has 1 N–H and O–H groups in total. The summed E-state index contributed by atoms with van der Waals surface area (Å²) >= 11 is 0. The molecule has 17 heavy (non-hydrogen) atoms. The third kappa shape index (κ3) is 3.26. The van der Waals surface area contributed by atoms with Crippen molar-refractivity contribution in [1.29, 1.82) is 0 Å². The molecular formula is C12H22N4O. The number of hydrogen-bond acceptors (Lipinski definition) is 5. The van der Waals surface area contributed by atoms with Crippen molar-refractivity contribution < 1.29 is 4.63 Å². The van der Waals surface area contributed by atoms with Crippen molar-refractivity contribution in [3.05, 3.63) is 11.4 Å². The molecule has 1 fully saturated rings. The van der Waals surface area contributed by atoms with Gasteiger partial charge in [-0.15, -0.1) is 0 Å². The maximum atomic E-state index is 4.77. The van der Waals surface area contributed by atoms with Crippen LogP contribution in [0.1, 0.15) is 37.6 Å². The van der Waals surface area contributed by atoms with Crippen LogP contribution >= 0.6 is 0 Å². The molecule has 0 spiro atoms. The Morgan fingerprint density at radius 2 is 2.12 bits per heavy atom. The highest BCUT2D eigenvalue weighted by Gasteiger charge is 2.22. The molecule has 1 aromatic rings. The fourth-order valence-electron chi connectivity index (χ4n) is 2.44. The van der Waals surface area contributed by atoms with Gasteiger partial charge < -0.3 is 5.32 Å². The van der Waals surface area contributed by atoms with Crippen molar-refractivity contribution in [3.8, 4) is 0 Å². The summed E-state index contributed by atoms with van der Waals surface area (Å²) < 4.78 is 4.77. The van der Waals surface area contributed by atoms with Crippen molar-refractivity contribution in [2.24, 2.45) is 0 Å². The molecule has 1 aromatic heterocycles. The van der Waals surface area contributed by atoms with E-state index in [0.29, 0.717) is 6.04 Å². The number of nitrogens with zero attached hydrogens (tertiary/aromatic N) is 3. The minimum atomic E-state index is 0.673. The van der Waals surface area contributed by atoms with Crippen molar-refractivity contribution >= 4 is 0 Å². The number of aryl methyl sites for hydroxylation is 1. The molecule has 0 aromatic carbocycles. The first-order valence-corrected chi connectivity index (χ1v) is 6.54. The molecular weight excluding hydrogens is 216 g/mol. The van der Waals surface area contributed by atoms with Gasteiger partial charge in [-0.2, -0.15) is 0 Å². The van der Waals surface area contributed by atoms with E-state index in [1.807, 2.05) is 6.92 Å². The number of hydrogen-bond donors (Lipinski definition) is 1. The lowest BCUT2D eigenvalue weighted by molar-refractivity contribution is 0.150. The molecule has 0 aliphatic carbocycles. The van der Waals surface area contributed by atoms with Crippen LogP contribution in [-0.2, 0) is 6.54 Å². The van der Waals surface area contributed by atoms with Gasteiger partial charge in [-0.05, 0) is 45.8 Å². The third-order valence-corrected chi connectivity index (χ3v) is 3.44. The fourth-order valence-corrected chi connectivity index (χ4v) is 2.44. The summed E-state index contributed by atoms with van der Waals surface area (Å²) in [6, 6.07) is 0.673. The summed E-state index contributed by atoms with van der Waals surface area (Å²) in [6.45, 7) is 8.42. The van der Waals surface area contributed by atoms with Crippen LogP contribution < -0.4 is 5.32 Å². The number of nitrogens with one attached hydrogen (secondary N) is 1. The number of piperidine rings is 1. The summed E-state index contributed by atoms with van der Waals surface area (Å²) in [7, 11) is 0. The largest absolute Gasteiger partial charge is 0.317 e. The Hall–Kier alpha value is -0.940. The van der Waals surface area contributed by atoms with Crippen LogP contribution in [0.2, 0.25) is 0 Å². The molecule has 2 heterocycles. The van der Waals surface area contributed by atoms with Gasteiger partial charge in [0, 0.05) is 12.6 Å². The second kappa shape index (κ2) is 6.12. The van der Waals surface area contributed by atoms with Gasteiger partial charge in [0.15, 0.2) is 0 Å². The van der Waals surface area contributed by atoms with E-state index in [1.165, 1.54) is 19.3 Å². The molecule has 0 unspecified atom stereocenters. The van der Waals surface area contributed by atoms with Gasteiger partial charge >= 0.3 is 0 Å². The first-order valence-electron chi connectivity index (χ1n) is 6.54. The summed E-state index contributed by atoms with van der Waals surface area (Å²) in [4.78, 5) is 2.52. The predicted octanol–water partition coefficient (Wildman–Crippen LogP) is 1.34. The van der Waals surface area contributed by atoms with Crippen molar-refractivity contribution in [1.82, 2.24) is 20.5 Å². The highest BCUT2D eigenvalue weighted by atomic mass is 16.6. The first kappa shape index (κ1) is 12.5. The first-order chi connectivity index (χ1) is 8.31. The van der Waals surface area contributed by atoms with E-state index in [1.54, 1.807) is 0 Å². The molecule has 0 saturated carbocycles. The Labute approximate surface area is 103 Å². The fraction of sp³-hybridized carbons (Fsp3) is 0.833. The summed E-state index contributed by atoms with van der Waals surface area (Å²) in [5, 5.41) is 11.2. The van der Waals surface area contributed by atoms with Gasteiger partial charge in [0.2, 0.25) is 0 Å². The summed E-state index contributed by atoms with van der Waals surface area (Å²) in [6.07, 6.45) is 3.63. The molecule has 0 radical (unpaired) electrons. The molecule has 0 atom stereocenters. The lowest BCUT2D eigenvalue weighted by Crippen LogP contribution is -2.43. The number of aromatic nitrogens is 2. The summed E-state index contributed by atoms with van der Waals surface area (Å²) in [5.74, 6) is 0. The van der Waals surface area contributed by atoms with Gasteiger partial charge in [-0.1, -0.05) is 17.2 Å². The average Bonchev–Trinajstić information content (AvgIpc) is 2.76. The van der Waals surface area contributed by atoms with Crippen LogP contribution in [0.15, 0.2) is 4.63 Å². The van der Waals surface area contributed by atoms with Crippen LogP contribution in [0, 0.1) is 6.92 Å². The van der Waals surface area contributed by atoms with E-state index in [9.17, 15) is 0 Å². The molecule has 5 nitrogen and oxygen atoms in total. The monoisotopic (exact) mass is 238 g/mol. The Morgan fingerprint density at radius 1 is 1.35 bits per heavy atom. The molecule has 1 aliphatic rings. The predicted molar refractivity (Wildman–Crippen MR) is 65.6 cm³/mol. The van der Waals surface area contributed by atoms with Gasteiger partial charge in [0.1, 0.15) is 11.4 Å². The second-order valence-electron chi connectivity index (χ2n) is 4.75. The van der Waals surface area contributed by atoms with E-state index >= 15 is 0 Å². The molecule has 96 valence electrons. The standard InChI is InChI=1S/C12H22N4O/c1-3-8-16(11-4-6-13-7-5-11)9-12-10(2)14-17-15-12/h11,13H,3-9H2,1-2H3. The highest BCUT2D eigenvalue weighted by Crippen LogP contribution is 2.16. The third-order valence-electron chi connectivity index (χ3n) is 3.44. The highest BCUT2D eigenvalue weighted by molar-refractivity contribution is 5.04. The minimum absolute atomic E-state index is 0.673. The van der Waals surface area contributed by atoms with Crippen LogP contribution in [0.3, 0.4) is 0 Å². The zero-order valence-electron chi connectivity index (χ0n) is 10.8. The topological polar surface area (TPSA) is 54.2 Å². The van der Waals surface area contributed by atoms with Crippen molar-refractivity contribution in [3.63, 3.8) is 0 Å². The molecule has 1 aliphatic heterocycles. The summed E-state index contributed by atoms with van der Waals surface area (Å²) in [5.41, 5.74) is 1.90. The maximum absolute atomic E-state index is 4.77. The minimum Gasteiger partial charge on any atom is -0.317 e. The van der Waals surface area contributed by atoms with Crippen LogP contribution in [0.5, 0.6) is 0 Å². The molecule has 0 bridgehead atoms. The SMILES string of the molecule is CCCN(Cc1nonc1C)C1CCNCC1. The van der Waals surface area contributed by atoms with Crippen LogP contribution in [0.4, 0.5) is 0 Å². The molecule has 0 amide bonds. The Morgan fingerprint density at radius 3 is 2.71 bits per heavy atom. The maximum Gasteiger partial charge on any atom is 0.122 e.